The van der Waals surface area contributed by atoms with Gasteiger partial charge in [-0.1, -0.05) is 65.8 Å². The Kier molecular flexibility index (Phi) is 10.6. The minimum Gasteiger partial charge on any atom is -0.379 e. The molecule has 0 radical (unpaired) electrons. The SMILES string of the molecule is CCCOCCOC(C)(C)CC(C)CC(C)(C)C(=O)Cc1ccc(C(C)C)cc1. The van der Waals surface area contributed by atoms with E-state index in [1.807, 2.05) is 0 Å². The Morgan fingerprint density at radius 2 is 1.55 bits per heavy atom. The summed E-state index contributed by atoms with van der Waals surface area (Å²) in [5, 5.41) is 0. The predicted molar refractivity (Wildman–Crippen MR) is 123 cm³/mol. The molecule has 0 saturated carbocycles. The van der Waals surface area contributed by atoms with Gasteiger partial charge in [-0.25, -0.2) is 0 Å². The van der Waals surface area contributed by atoms with Gasteiger partial charge in [-0.3, -0.25) is 4.79 Å². The summed E-state index contributed by atoms with van der Waals surface area (Å²) in [7, 11) is 0. The largest absolute Gasteiger partial charge is 0.379 e. The molecule has 0 spiro atoms. The van der Waals surface area contributed by atoms with Gasteiger partial charge >= 0.3 is 0 Å². The highest BCUT2D eigenvalue weighted by molar-refractivity contribution is 5.86. The molecule has 0 saturated heterocycles. The van der Waals surface area contributed by atoms with Crippen molar-refractivity contribution in [3.8, 4) is 0 Å². The first-order valence-electron chi connectivity index (χ1n) is 11.3. The molecule has 0 N–H and O–H groups in total. The average Bonchev–Trinajstić information content (AvgIpc) is 2.60. The van der Waals surface area contributed by atoms with Crippen molar-refractivity contribution in [3.05, 3.63) is 35.4 Å². The van der Waals surface area contributed by atoms with E-state index < -0.39 is 0 Å². The lowest BCUT2D eigenvalue weighted by Gasteiger charge is -2.32. The summed E-state index contributed by atoms with van der Waals surface area (Å²) in [6, 6.07) is 8.49. The molecule has 0 aliphatic heterocycles. The van der Waals surface area contributed by atoms with E-state index in [4.69, 9.17) is 9.47 Å². The van der Waals surface area contributed by atoms with E-state index in [1.165, 1.54) is 5.56 Å². The van der Waals surface area contributed by atoms with Crippen molar-refractivity contribution in [2.45, 2.75) is 92.6 Å². The van der Waals surface area contributed by atoms with Crippen LogP contribution in [0.15, 0.2) is 24.3 Å². The third-order valence-electron chi connectivity index (χ3n) is 5.53. The molecule has 1 rings (SSSR count). The Morgan fingerprint density at radius 1 is 0.931 bits per heavy atom. The third kappa shape index (κ3) is 9.91. The second-order valence-electron chi connectivity index (χ2n) is 10.1. The van der Waals surface area contributed by atoms with E-state index in [2.05, 4.69) is 79.7 Å². The van der Waals surface area contributed by atoms with E-state index >= 15 is 0 Å². The highest BCUT2D eigenvalue weighted by Gasteiger charge is 2.31. The Morgan fingerprint density at radius 3 is 2.10 bits per heavy atom. The highest BCUT2D eigenvalue weighted by atomic mass is 16.5. The first-order valence-corrected chi connectivity index (χ1v) is 11.3. The number of hydrogen-bond acceptors (Lipinski definition) is 3. The van der Waals surface area contributed by atoms with Crippen LogP contribution in [-0.4, -0.2) is 31.2 Å². The van der Waals surface area contributed by atoms with E-state index in [1.54, 1.807) is 0 Å². The van der Waals surface area contributed by atoms with Gasteiger partial charge in [-0.2, -0.15) is 0 Å². The summed E-state index contributed by atoms with van der Waals surface area (Å²) >= 11 is 0. The first kappa shape index (κ1) is 25.8. The number of carbonyl (C=O) groups excluding carboxylic acids is 1. The topological polar surface area (TPSA) is 35.5 Å². The molecular formula is C26H44O3. The van der Waals surface area contributed by atoms with E-state index in [9.17, 15) is 4.79 Å². The Hall–Kier alpha value is -1.19. The molecule has 3 heteroatoms. The van der Waals surface area contributed by atoms with Crippen molar-refractivity contribution >= 4 is 5.78 Å². The molecule has 1 aromatic carbocycles. The van der Waals surface area contributed by atoms with Crippen LogP contribution in [0.25, 0.3) is 0 Å². The summed E-state index contributed by atoms with van der Waals surface area (Å²) < 4.78 is 11.5. The number of rotatable bonds is 14. The zero-order valence-electron chi connectivity index (χ0n) is 20.1. The standard InChI is InChI=1S/C26H44O3/c1-9-14-28-15-16-29-26(7,8)19-21(4)18-25(5,6)24(27)17-22-10-12-23(13-11-22)20(2)3/h10-13,20-21H,9,14-19H2,1-8H3. The lowest BCUT2D eigenvalue weighted by molar-refractivity contribution is -0.127. The Labute approximate surface area is 179 Å². The van der Waals surface area contributed by atoms with Crippen LogP contribution in [0, 0.1) is 11.3 Å². The van der Waals surface area contributed by atoms with E-state index in [-0.39, 0.29) is 11.0 Å². The quantitative estimate of drug-likeness (QED) is 0.328. The van der Waals surface area contributed by atoms with Crippen LogP contribution in [0.2, 0.25) is 0 Å². The summed E-state index contributed by atoms with van der Waals surface area (Å²) in [4.78, 5) is 13.0. The number of hydrogen-bond donors (Lipinski definition) is 0. The van der Waals surface area contributed by atoms with Crippen molar-refractivity contribution in [2.75, 3.05) is 19.8 Å². The second kappa shape index (κ2) is 11.9. The molecule has 1 atom stereocenters. The summed E-state index contributed by atoms with van der Waals surface area (Å²) in [5.41, 5.74) is 1.88. The van der Waals surface area contributed by atoms with Gasteiger partial charge in [-0.15, -0.1) is 0 Å². The fraction of sp³-hybridized carbons (Fsp3) is 0.731. The van der Waals surface area contributed by atoms with Crippen LogP contribution >= 0.6 is 0 Å². The third-order valence-corrected chi connectivity index (χ3v) is 5.53. The maximum Gasteiger partial charge on any atom is 0.142 e. The zero-order valence-corrected chi connectivity index (χ0v) is 20.1. The van der Waals surface area contributed by atoms with Crippen LogP contribution < -0.4 is 0 Å². The molecule has 0 aliphatic carbocycles. The maximum atomic E-state index is 13.0. The molecule has 1 aromatic rings. The van der Waals surface area contributed by atoms with Gasteiger partial charge in [0.1, 0.15) is 5.78 Å². The van der Waals surface area contributed by atoms with Crippen molar-refractivity contribution in [3.63, 3.8) is 0 Å². The van der Waals surface area contributed by atoms with Crippen LogP contribution in [0.3, 0.4) is 0 Å². The second-order valence-corrected chi connectivity index (χ2v) is 10.1. The summed E-state index contributed by atoms with van der Waals surface area (Å²) in [5.74, 6) is 1.23. The van der Waals surface area contributed by atoms with Gasteiger partial charge in [0.15, 0.2) is 0 Å². The van der Waals surface area contributed by atoms with Crippen molar-refractivity contribution in [2.24, 2.45) is 11.3 Å². The molecule has 0 heterocycles. The minimum atomic E-state index is -0.337. The molecule has 1 unspecified atom stereocenters. The van der Waals surface area contributed by atoms with Crippen molar-refractivity contribution in [1.82, 2.24) is 0 Å². The fourth-order valence-electron chi connectivity index (χ4n) is 4.02. The monoisotopic (exact) mass is 404 g/mol. The molecule has 0 bridgehead atoms. The van der Waals surface area contributed by atoms with Gasteiger partial charge in [0.25, 0.3) is 0 Å². The molecule has 0 amide bonds. The van der Waals surface area contributed by atoms with Crippen LogP contribution in [0.4, 0.5) is 0 Å². The summed E-state index contributed by atoms with van der Waals surface area (Å²) in [6.07, 6.45) is 3.34. The first-order chi connectivity index (χ1) is 13.5. The Bertz CT molecular complexity index is 599. The van der Waals surface area contributed by atoms with Crippen molar-refractivity contribution < 1.29 is 14.3 Å². The summed E-state index contributed by atoms with van der Waals surface area (Å²) in [6.45, 7) is 19.2. The van der Waals surface area contributed by atoms with E-state index in [0.29, 0.717) is 37.3 Å². The average molecular weight is 405 g/mol. The molecule has 0 fully saturated rings. The molecule has 29 heavy (non-hydrogen) atoms. The number of benzene rings is 1. The zero-order chi connectivity index (χ0) is 22.1. The van der Waals surface area contributed by atoms with Crippen LogP contribution in [0.5, 0.6) is 0 Å². The normalized spacial score (nSPS) is 13.7. The van der Waals surface area contributed by atoms with Gasteiger partial charge < -0.3 is 9.47 Å². The maximum absolute atomic E-state index is 13.0. The number of Topliss-reactive ketones (excluding diaryl/α,β-unsaturated/α-hetero) is 1. The minimum absolute atomic E-state index is 0.208. The molecular weight excluding hydrogens is 360 g/mol. The lowest BCUT2D eigenvalue weighted by atomic mass is 9.75. The number of ketones is 1. The van der Waals surface area contributed by atoms with Crippen LogP contribution in [0.1, 0.15) is 91.7 Å². The lowest BCUT2D eigenvalue weighted by Crippen LogP contribution is -2.33. The highest BCUT2D eigenvalue weighted by Crippen LogP contribution is 2.33. The van der Waals surface area contributed by atoms with Gasteiger partial charge in [0, 0.05) is 18.4 Å². The fourth-order valence-corrected chi connectivity index (χ4v) is 4.02. The Balaban J connectivity index is 2.53. The van der Waals surface area contributed by atoms with E-state index in [0.717, 1.165) is 31.4 Å². The van der Waals surface area contributed by atoms with Crippen molar-refractivity contribution in [1.29, 1.82) is 0 Å². The molecule has 166 valence electrons. The molecule has 0 aromatic heterocycles. The molecule has 3 nitrogen and oxygen atoms in total. The van der Waals surface area contributed by atoms with Gasteiger partial charge in [0.2, 0.25) is 0 Å². The van der Waals surface area contributed by atoms with Crippen LogP contribution in [-0.2, 0) is 20.7 Å². The van der Waals surface area contributed by atoms with Gasteiger partial charge in [0.05, 0.1) is 18.8 Å². The van der Waals surface area contributed by atoms with Gasteiger partial charge in [-0.05, 0) is 56.1 Å². The molecule has 0 aliphatic rings. The smallest absolute Gasteiger partial charge is 0.142 e. The predicted octanol–water partition coefficient (Wildman–Crippen LogP) is 6.59. The number of carbonyl (C=O) groups is 1. The number of ether oxygens (including phenoxy) is 2.